The molecule has 0 aliphatic rings. The topological polar surface area (TPSA) is 68.3 Å². The van der Waals surface area contributed by atoms with E-state index in [1.54, 1.807) is 12.1 Å². The molecule has 1 atom stereocenters. The Labute approximate surface area is 123 Å². The van der Waals surface area contributed by atoms with Crippen LogP contribution < -0.4 is 5.32 Å². The van der Waals surface area contributed by atoms with Gasteiger partial charge in [-0.1, -0.05) is 30.1 Å². The summed E-state index contributed by atoms with van der Waals surface area (Å²) in [4.78, 5) is 10.1. The fourth-order valence-corrected chi connectivity index (χ4v) is 3.25. The number of thiophene rings is 1. The van der Waals surface area contributed by atoms with Crippen molar-refractivity contribution >= 4 is 40.4 Å². The van der Waals surface area contributed by atoms with Crippen molar-refractivity contribution in [1.29, 1.82) is 0 Å². The fraction of sp³-hybridized carbons (Fsp3) is 0.273. The van der Waals surface area contributed by atoms with Gasteiger partial charge in [-0.15, -0.1) is 11.3 Å². The zero-order valence-electron chi connectivity index (χ0n) is 9.85. The van der Waals surface area contributed by atoms with E-state index < -0.39 is 4.92 Å². The molecule has 2 aromatic rings. The van der Waals surface area contributed by atoms with Gasteiger partial charge in [0.2, 0.25) is 0 Å². The highest BCUT2D eigenvalue weighted by Crippen LogP contribution is 2.38. The average molecular weight is 321 g/mol. The molecule has 19 heavy (non-hydrogen) atoms. The first kappa shape index (κ1) is 14.3. The molecule has 8 heteroatoms. The Morgan fingerprint density at radius 2 is 2.26 bits per heavy atom. The molecule has 0 radical (unpaired) electrons. The van der Waals surface area contributed by atoms with E-state index in [0.29, 0.717) is 21.0 Å². The van der Waals surface area contributed by atoms with E-state index in [-0.39, 0.29) is 11.9 Å². The predicted octanol–water partition coefficient (Wildman–Crippen LogP) is 4.26. The first-order chi connectivity index (χ1) is 9.02. The maximum Gasteiger partial charge on any atom is 0.433 e. The normalized spacial score (nSPS) is 12.6. The summed E-state index contributed by atoms with van der Waals surface area (Å²) in [6, 6.07) is 4.26. The predicted molar refractivity (Wildman–Crippen MR) is 75.2 cm³/mol. The van der Waals surface area contributed by atoms with Crippen LogP contribution in [-0.2, 0) is 0 Å². The molecule has 1 N–H and O–H groups in total. The van der Waals surface area contributed by atoms with E-state index in [4.69, 9.17) is 27.6 Å². The third kappa shape index (κ3) is 3.09. The van der Waals surface area contributed by atoms with Gasteiger partial charge in [0.05, 0.1) is 20.8 Å². The minimum Gasteiger partial charge on any atom is -0.404 e. The number of hydrogen-bond donors (Lipinski definition) is 1. The number of hydrogen-bond acceptors (Lipinski definition) is 5. The highest BCUT2D eigenvalue weighted by atomic mass is 35.5. The lowest BCUT2D eigenvalue weighted by atomic mass is 10.1. The number of rotatable bonds is 5. The van der Waals surface area contributed by atoms with Crippen LogP contribution in [0.3, 0.4) is 0 Å². The number of halogens is 2. The van der Waals surface area contributed by atoms with E-state index in [9.17, 15) is 10.1 Å². The molecule has 0 spiro atoms. The minimum atomic E-state index is -0.575. The van der Waals surface area contributed by atoms with Crippen LogP contribution in [0.1, 0.15) is 24.3 Å². The van der Waals surface area contributed by atoms with Crippen molar-refractivity contribution in [2.45, 2.75) is 13.0 Å². The van der Waals surface area contributed by atoms with Crippen molar-refractivity contribution in [2.75, 3.05) is 6.54 Å². The molecular weight excluding hydrogens is 311 g/mol. The molecule has 0 aliphatic heterocycles. The summed E-state index contributed by atoms with van der Waals surface area (Å²) in [5.41, 5.74) is 0.753. The summed E-state index contributed by atoms with van der Waals surface area (Å²) < 4.78 is 6.32. The lowest BCUT2D eigenvalue weighted by Gasteiger charge is -2.14. The SMILES string of the molecule is CCNC(c1ccc([N+](=O)[O-])o1)c1cc(Cl)sc1Cl. The number of nitro groups is 1. The van der Waals surface area contributed by atoms with E-state index in [1.807, 2.05) is 6.92 Å². The molecular formula is C11H10Cl2N2O3S. The second-order valence-electron chi connectivity index (χ2n) is 3.70. The molecule has 0 aromatic carbocycles. The molecule has 0 bridgehead atoms. The lowest BCUT2D eigenvalue weighted by Crippen LogP contribution is -2.21. The third-order valence-corrected chi connectivity index (χ3v) is 4.00. The molecule has 2 aromatic heterocycles. The Morgan fingerprint density at radius 3 is 2.74 bits per heavy atom. The van der Waals surface area contributed by atoms with Gasteiger partial charge in [0, 0.05) is 5.56 Å². The smallest absolute Gasteiger partial charge is 0.404 e. The standard InChI is InChI=1S/C11H10Cl2N2O3S/c1-2-14-10(6-5-8(12)19-11(6)13)7-3-4-9(18-7)15(16)17/h3-5,10,14H,2H2,1H3. The maximum atomic E-state index is 10.6. The molecule has 0 saturated carbocycles. The molecule has 2 rings (SSSR count). The molecule has 0 aliphatic carbocycles. The summed E-state index contributed by atoms with van der Waals surface area (Å²) in [6.45, 7) is 2.58. The Hall–Kier alpha value is -1.08. The van der Waals surface area contributed by atoms with Crippen LogP contribution in [0.2, 0.25) is 8.67 Å². The zero-order chi connectivity index (χ0) is 14.0. The van der Waals surface area contributed by atoms with Crippen LogP contribution in [0, 0.1) is 10.1 Å². The van der Waals surface area contributed by atoms with E-state index in [0.717, 1.165) is 5.56 Å². The van der Waals surface area contributed by atoms with E-state index in [1.165, 1.54) is 17.4 Å². The Balaban J connectivity index is 2.39. The van der Waals surface area contributed by atoms with Gasteiger partial charge in [-0.2, -0.15) is 0 Å². The van der Waals surface area contributed by atoms with E-state index in [2.05, 4.69) is 5.32 Å². The van der Waals surface area contributed by atoms with Crippen LogP contribution in [0.15, 0.2) is 22.6 Å². The van der Waals surface area contributed by atoms with Gasteiger partial charge >= 0.3 is 5.88 Å². The molecule has 2 heterocycles. The van der Waals surface area contributed by atoms with Crippen molar-refractivity contribution < 1.29 is 9.34 Å². The minimum absolute atomic E-state index is 0.296. The second kappa shape index (κ2) is 5.92. The highest BCUT2D eigenvalue weighted by molar-refractivity contribution is 7.20. The van der Waals surface area contributed by atoms with Gasteiger partial charge in [-0.25, -0.2) is 0 Å². The summed E-state index contributed by atoms with van der Waals surface area (Å²) in [5.74, 6) is 0.139. The van der Waals surface area contributed by atoms with Crippen molar-refractivity contribution in [1.82, 2.24) is 5.32 Å². The monoisotopic (exact) mass is 320 g/mol. The van der Waals surface area contributed by atoms with Gasteiger partial charge in [0.1, 0.15) is 10.7 Å². The fourth-order valence-electron chi connectivity index (χ4n) is 1.71. The average Bonchev–Trinajstić information content (AvgIpc) is 2.93. The molecule has 0 fully saturated rings. The molecule has 0 amide bonds. The molecule has 1 unspecified atom stereocenters. The zero-order valence-corrected chi connectivity index (χ0v) is 12.2. The number of nitrogens with one attached hydrogen (secondary N) is 1. The van der Waals surface area contributed by atoms with E-state index >= 15 is 0 Å². The number of nitrogens with zero attached hydrogens (tertiary/aromatic N) is 1. The van der Waals surface area contributed by atoms with Crippen molar-refractivity contribution in [3.8, 4) is 0 Å². The van der Waals surface area contributed by atoms with Crippen LogP contribution in [0.25, 0.3) is 0 Å². The molecule has 0 saturated heterocycles. The first-order valence-electron chi connectivity index (χ1n) is 5.45. The maximum absolute atomic E-state index is 10.6. The third-order valence-electron chi connectivity index (χ3n) is 2.48. The first-order valence-corrected chi connectivity index (χ1v) is 7.02. The van der Waals surface area contributed by atoms with Gasteiger partial charge in [-0.05, 0) is 18.7 Å². The quantitative estimate of drug-likeness (QED) is 0.660. The summed E-state index contributed by atoms with van der Waals surface area (Å²) in [6.07, 6.45) is 0. The van der Waals surface area contributed by atoms with Crippen LogP contribution in [0.5, 0.6) is 0 Å². The summed E-state index contributed by atoms with van der Waals surface area (Å²) in [7, 11) is 0. The van der Waals surface area contributed by atoms with Gasteiger partial charge in [-0.3, -0.25) is 10.1 Å². The van der Waals surface area contributed by atoms with Crippen molar-refractivity contribution in [3.63, 3.8) is 0 Å². The Bertz CT molecular complexity index is 597. The highest BCUT2D eigenvalue weighted by Gasteiger charge is 2.24. The molecule has 102 valence electrons. The Morgan fingerprint density at radius 1 is 1.53 bits per heavy atom. The van der Waals surface area contributed by atoms with Crippen LogP contribution >= 0.6 is 34.5 Å². The van der Waals surface area contributed by atoms with Gasteiger partial charge < -0.3 is 9.73 Å². The van der Waals surface area contributed by atoms with Crippen LogP contribution in [0.4, 0.5) is 5.88 Å². The van der Waals surface area contributed by atoms with Crippen molar-refractivity contribution in [2.24, 2.45) is 0 Å². The second-order valence-corrected chi connectivity index (χ2v) is 5.99. The largest absolute Gasteiger partial charge is 0.433 e. The number of furan rings is 1. The van der Waals surface area contributed by atoms with Gasteiger partial charge in [0.15, 0.2) is 0 Å². The van der Waals surface area contributed by atoms with Gasteiger partial charge in [0.25, 0.3) is 0 Å². The summed E-state index contributed by atoms with van der Waals surface area (Å²) >= 11 is 13.3. The van der Waals surface area contributed by atoms with Crippen LogP contribution in [-0.4, -0.2) is 11.5 Å². The molecule has 5 nitrogen and oxygen atoms in total. The Kier molecular flexibility index (Phi) is 4.46. The summed E-state index contributed by atoms with van der Waals surface area (Å²) in [5, 5.41) is 13.8. The van der Waals surface area contributed by atoms with Crippen molar-refractivity contribution in [3.05, 3.63) is 48.3 Å². The lowest BCUT2D eigenvalue weighted by molar-refractivity contribution is -0.402.